The van der Waals surface area contributed by atoms with Gasteiger partial charge in [-0.15, -0.1) is 0 Å². The van der Waals surface area contributed by atoms with Crippen LogP contribution in [0, 0.1) is 0 Å². The van der Waals surface area contributed by atoms with E-state index in [1.165, 1.54) is 26.0 Å². The first kappa shape index (κ1) is 20.4. The summed E-state index contributed by atoms with van der Waals surface area (Å²) in [4.78, 5) is 34.0. The van der Waals surface area contributed by atoms with Gasteiger partial charge >= 0.3 is 11.9 Å². The Hall–Kier alpha value is -2.67. The third-order valence-corrected chi connectivity index (χ3v) is 3.11. The Kier molecular flexibility index (Phi) is 6.87. The minimum atomic E-state index is -1.46. The fraction of sp³-hybridized carbons (Fsp3) is 0.389. The second-order valence-electron chi connectivity index (χ2n) is 6.11. The number of ether oxygens (including phenoxy) is 2. The number of carbonyl (C=O) groups is 3. The molecule has 0 saturated heterocycles. The van der Waals surface area contributed by atoms with Crippen molar-refractivity contribution < 1.29 is 34.1 Å². The molecule has 0 saturated carbocycles. The number of aliphatic hydroxyl groups is 1. The van der Waals surface area contributed by atoms with Crippen LogP contribution in [0.3, 0.4) is 0 Å². The minimum absolute atomic E-state index is 0.0815. The Morgan fingerprint density at radius 3 is 2.24 bits per heavy atom. The molecule has 0 aliphatic rings. The van der Waals surface area contributed by atoms with E-state index < -0.39 is 35.8 Å². The average molecular weight is 350 g/mol. The lowest BCUT2D eigenvalue weighted by Gasteiger charge is -2.17. The molecule has 7 nitrogen and oxygen atoms in total. The van der Waals surface area contributed by atoms with Crippen LogP contribution in [0.5, 0.6) is 5.75 Å². The Morgan fingerprint density at radius 2 is 1.76 bits per heavy atom. The van der Waals surface area contributed by atoms with Gasteiger partial charge in [0, 0.05) is 11.1 Å². The zero-order valence-corrected chi connectivity index (χ0v) is 14.4. The molecule has 0 aliphatic heterocycles. The summed E-state index contributed by atoms with van der Waals surface area (Å²) >= 11 is 0. The highest BCUT2D eigenvalue weighted by Gasteiger charge is 2.25. The van der Waals surface area contributed by atoms with Crippen molar-refractivity contribution in [2.24, 2.45) is 0 Å². The van der Waals surface area contributed by atoms with Gasteiger partial charge in [0.1, 0.15) is 24.1 Å². The normalized spacial score (nSPS) is 12.2. The predicted octanol–water partition coefficient (Wildman–Crippen LogP) is 1.98. The van der Waals surface area contributed by atoms with Crippen molar-refractivity contribution in [2.75, 3.05) is 6.61 Å². The highest BCUT2D eigenvalue weighted by molar-refractivity contribution is 6.01. The molecule has 7 heteroatoms. The van der Waals surface area contributed by atoms with Crippen LogP contribution < -0.4 is 4.74 Å². The molecule has 1 unspecified atom stereocenters. The van der Waals surface area contributed by atoms with Crippen LogP contribution in [-0.2, 0) is 14.3 Å². The van der Waals surface area contributed by atoms with Crippen molar-refractivity contribution in [3.63, 3.8) is 0 Å². The summed E-state index contributed by atoms with van der Waals surface area (Å²) < 4.78 is 10.5. The Balaban J connectivity index is 2.54. The summed E-state index contributed by atoms with van der Waals surface area (Å²) in [5, 5.41) is 18.3. The number of benzene rings is 1. The molecule has 0 heterocycles. The van der Waals surface area contributed by atoms with Gasteiger partial charge in [-0.1, -0.05) is 6.58 Å². The number of aliphatic carboxylic acids is 1. The van der Waals surface area contributed by atoms with E-state index in [2.05, 4.69) is 6.58 Å². The van der Waals surface area contributed by atoms with Gasteiger partial charge in [-0.3, -0.25) is 9.59 Å². The SMILES string of the molecule is C=C(CC(=O)O)C(=O)OCC(C)Oc1ccc(C(=O)C(C)(C)O)cc1. The van der Waals surface area contributed by atoms with Gasteiger partial charge in [0.2, 0.25) is 0 Å². The number of Topliss-reactive ketones (excluding diaryl/α,β-unsaturated/α-hetero) is 1. The van der Waals surface area contributed by atoms with E-state index in [0.29, 0.717) is 11.3 Å². The van der Waals surface area contributed by atoms with E-state index in [4.69, 9.17) is 14.6 Å². The fourth-order valence-electron chi connectivity index (χ4n) is 1.85. The van der Waals surface area contributed by atoms with Crippen molar-refractivity contribution in [1.82, 2.24) is 0 Å². The monoisotopic (exact) mass is 350 g/mol. The largest absolute Gasteiger partial charge is 0.487 e. The summed E-state index contributed by atoms with van der Waals surface area (Å²) in [7, 11) is 0. The van der Waals surface area contributed by atoms with Crippen LogP contribution >= 0.6 is 0 Å². The molecule has 0 aromatic heterocycles. The average Bonchev–Trinajstić information content (AvgIpc) is 2.51. The number of esters is 1. The molecule has 1 aromatic carbocycles. The highest BCUT2D eigenvalue weighted by atomic mass is 16.6. The summed E-state index contributed by atoms with van der Waals surface area (Å²) in [5.74, 6) is -1.89. The van der Waals surface area contributed by atoms with Gasteiger partial charge in [0.25, 0.3) is 0 Å². The molecule has 136 valence electrons. The molecular formula is C18H22O7. The second kappa shape index (κ2) is 8.43. The number of carbonyl (C=O) groups excluding carboxylic acids is 2. The van der Waals surface area contributed by atoms with Crippen LogP contribution in [0.4, 0.5) is 0 Å². The van der Waals surface area contributed by atoms with Gasteiger partial charge < -0.3 is 19.7 Å². The number of hydrogen-bond acceptors (Lipinski definition) is 6. The Labute approximate surface area is 145 Å². The predicted molar refractivity (Wildman–Crippen MR) is 89.5 cm³/mol. The highest BCUT2D eigenvalue weighted by Crippen LogP contribution is 2.18. The maximum atomic E-state index is 11.9. The van der Waals surface area contributed by atoms with Crippen LogP contribution in [0.15, 0.2) is 36.4 Å². The van der Waals surface area contributed by atoms with Crippen molar-refractivity contribution in [3.05, 3.63) is 42.0 Å². The number of hydrogen-bond donors (Lipinski definition) is 2. The molecule has 1 atom stereocenters. The van der Waals surface area contributed by atoms with E-state index in [-0.39, 0.29) is 12.2 Å². The van der Waals surface area contributed by atoms with Crippen LogP contribution in [-0.4, -0.2) is 46.2 Å². The van der Waals surface area contributed by atoms with E-state index in [1.54, 1.807) is 19.1 Å². The number of carboxylic acid groups (broad SMARTS) is 1. The molecule has 0 aliphatic carbocycles. The molecule has 0 amide bonds. The first-order chi connectivity index (χ1) is 11.5. The third kappa shape index (κ3) is 6.76. The number of rotatable bonds is 9. The molecule has 0 spiro atoms. The zero-order valence-electron chi connectivity index (χ0n) is 14.4. The van der Waals surface area contributed by atoms with Crippen LogP contribution in [0.1, 0.15) is 37.6 Å². The summed E-state index contributed by atoms with van der Waals surface area (Å²) in [6.45, 7) is 7.76. The molecule has 0 fully saturated rings. The lowest BCUT2D eigenvalue weighted by molar-refractivity contribution is -0.144. The van der Waals surface area contributed by atoms with E-state index in [1.807, 2.05) is 0 Å². The van der Waals surface area contributed by atoms with Crippen LogP contribution in [0.2, 0.25) is 0 Å². The fourth-order valence-corrected chi connectivity index (χ4v) is 1.85. The Bertz CT molecular complexity index is 653. The number of ketones is 1. The smallest absolute Gasteiger partial charge is 0.334 e. The molecule has 0 bridgehead atoms. The van der Waals surface area contributed by atoms with E-state index in [0.717, 1.165) is 0 Å². The molecule has 25 heavy (non-hydrogen) atoms. The van der Waals surface area contributed by atoms with Gasteiger partial charge in [-0.25, -0.2) is 4.79 Å². The number of carboxylic acids is 1. The van der Waals surface area contributed by atoms with Crippen molar-refractivity contribution in [2.45, 2.75) is 38.9 Å². The zero-order chi connectivity index (χ0) is 19.2. The van der Waals surface area contributed by atoms with Gasteiger partial charge in [-0.2, -0.15) is 0 Å². The maximum Gasteiger partial charge on any atom is 0.334 e. The molecule has 1 rings (SSSR count). The summed E-state index contributed by atoms with van der Waals surface area (Å²) in [6.07, 6.45) is -0.970. The quantitative estimate of drug-likeness (QED) is 0.398. The molecular weight excluding hydrogens is 328 g/mol. The van der Waals surface area contributed by atoms with Crippen molar-refractivity contribution in [3.8, 4) is 5.75 Å². The van der Waals surface area contributed by atoms with Crippen LogP contribution in [0.25, 0.3) is 0 Å². The maximum absolute atomic E-state index is 11.9. The Morgan fingerprint density at radius 1 is 1.20 bits per heavy atom. The molecule has 0 radical (unpaired) electrons. The third-order valence-electron chi connectivity index (χ3n) is 3.11. The lowest BCUT2D eigenvalue weighted by Crippen LogP contribution is -2.31. The minimum Gasteiger partial charge on any atom is -0.487 e. The molecule has 1 aromatic rings. The first-order valence-electron chi connectivity index (χ1n) is 7.61. The topological polar surface area (TPSA) is 110 Å². The summed E-state index contributed by atoms with van der Waals surface area (Å²) in [5.41, 5.74) is -1.25. The lowest BCUT2D eigenvalue weighted by atomic mass is 9.97. The summed E-state index contributed by atoms with van der Waals surface area (Å²) in [6, 6.07) is 6.20. The van der Waals surface area contributed by atoms with Gasteiger partial charge in [-0.05, 0) is 45.0 Å². The van der Waals surface area contributed by atoms with E-state index >= 15 is 0 Å². The standard InChI is InChI=1S/C18H22O7/c1-11(9-15(19)20)17(22)24-10-12(2)25-14-7-5-13(6-8-14)16(21)18(3,4)23/h5-8,12,23H,1,9-10H2,2-4H3,(H,19,20). The van der Waals surface area contributed by atoms with E-state index in [9.17, 15) is 19.5 Å². The van der Waals surface area contributed by atoms with Gasteiger partial charge in [0.05, 0.1) is 6.42 Å². The second-order valence-corrected chi connectivity index (χ2v) is 6.11. The first-order valence-corrected chi connectivity index (χ1v) is 7.61. The van der Waals surface area contributed by atoms with Crippen molar-refractivity contribution >= 4 is 17.7 Å². The molecule has 2 N–H and O–H groups in total. The van der Waals surface area contributed by atoms with Crippen molar-refractivity contribution in [1.29, 1.82) is 0 Å². The van der Waals surface area contributed by atoms with Gasteiger partial charge in [0.15, 0.2) is 5.78 Å².